The van der Waals surface area contributed by atoms with Gasteiger partial charge in [-0.15, -0.1) is 0 Å². The van der Waals surface area contributed by atoms with Gasteiger partial charge >= 0.3 is 0 Å². The summed E-state index contributed by atoms with van der Waals surface area (Å²) in [6.07, 6.45) is 0.873. The van der Waals surface area contributed by atoms with E-state index in [0.29, 0.717) is 30.3 Å². The number of carbonyl (C=O) groups excluding carboxylic acids is 1. The first-order valence-electron chi connectivity index (χ1n) is 8.53. The molecule has 0 atom stereocenters. The summed E-state index contributed by atoms with van der Waals surface area (Å²) in [6, 6.07) is 11.4. The Balaban J connectivity index is 1.66. The number of ether oxygens (including phenoxy) is 3. The first-order valence-corrected chi connectivity index (χ1v) is 8.53. The normalized spacial score (nSPS) is 13.7. The Hall–Kier alpha value is -2.73. The number of amides is 1. The Morgan fingerprint density at radius 3 is 2.35 bits per heavy atom. The lowest BCUT2D eigenvalue weighted by Crippen LogP contribution is -2.37. The molecule has 1 N–H and O–H groups in total. The van der Waals surface area contributed by atoms with Crippen LogP contribution in [0.3, 0.4) is 0 Å². The van der Waals surface area contributed by atoms with Crippen molar-refractivity contribution in [1.82, 2.24) is 4.90 Å². The summed E-state index contributed by atoms with van der Waals surface area (Å²) in [4.78, 5) is 14.6. The van der Waals surface area contributed by atoms with Crippen molar-refractivity contribution in [2.75, 3.05) is 39.7 Å². The van der Waals surface area contributed by atoms with Crippen molar-refractivity contribution in [3.8, 4) is 17.2 Å². The van der Waals surface area contributed by atoms with E-state index < -0.39 is 0 Å². The molecule has 138 valence electrons. The minimum Gasteiger partial charge on any atom is -0.495 e. The van der Waals surface area contributed by atoms with Crippen LogP contribution in [0.15, 0.2) is 36.4 Å². The maximum atomic E-state index is 12.4. The number of fused-ring (bicyclic) bond motifs is 1. The highest BCUT2D eigenvalue weighted by molar-refractivity contribution is 5.93. The Morgan fingerprint density at radius 1 is 1.00 bits per heavy atom. The number of nitrogens with zero attached hydrogens (tertiary/aromatic N) is 1. The van der Waals surface area contributed by atoms with Crippen molar-refractivity contribution >= 4 is 11.6 Å². The summed E-state index contributed by atoms with van der Waals surface area (Å²) in [7, 11) is 4.86. The number of hydrogen-bond acceptors (Lipinski definition) is 5. The number of rotatable bonds is 6. The third kappa shape index (κ3) is 3.91. The second-order valence-electron chi connectivity index (χ2n) is 6.19. The smallest absolute Gasteiger partial charge is 0.238 e. The molecule has 0 aliphatic carbocycles. The Morgan fingerprint density at radius 2 is 1.65 bits per heavy atom. The second-order valence-corrected chi connectivity index (χ2v) is 6.19. The highest BCUT2D eigenvalue weighted by Gasteiger charge is 2.21. The van der Waals surface area contributed by atoms with Gasteiger partial charge in [-0.25, -0.2) is 0 Å². The predicted molar refractivity (Wildman–Crippen MR) is 100 cm³/mol. The number of hydrogen-bond donors (Lipinski definition) is 1. The highest BCUT2D eigenvalue weighted by Crippen LogP contribution is 2.33. The van der Waals surface area contributed by atoms with E-state index in [0.717, 1.165) is 18.7 Å². The molecule has 0 saturated heterocycles. The molecular weight excluding hydrogens is 332 g/mol. The Kier molecular flexibility index (Phi) is 5.63. The van der Waals surface area contributed by atoms with E-state index in [-0.39, 0.29) is 5.91 Å². The summed E-state index contributed by atoms with van der Waals surface area (Å²) in [5.74, 6) is 2.06. The molecule has 6 heteroatoms. The van der Waals surface area contributed by atoms with Gasteiger partial charge in [-0.3, -0.25) is 9.69 Å². The molecule has 2 aromatic carbocycles. The van der Waals surface area contributed by atoms with Crippen LogP contribution >= 0.6 is 0 Å². The Bertz CT molecular complexity index is 791. The fourth-order valence-corrected chi connectivity index (χ4v) is 3.22. The van der Waals surface area contributed by atoms with Gasteiger partial charge in [-0.1, -0.05) is 12.1 Å². The minimum absolute atomic E-state index is 0.0570. The Labute approximate surface area is 153 Å². The fraction of sp³-hybridized carbons (Fsp3) is 0.350. The van der Waals surface area contributed by atoms with Gasteiger partial charge in [0.25, 0.3) is 0 Å². The monoisotopic (exact) mass is 356 g/mol. The van der Waals surface area contributed by atoms with Gasteiger partial charge in [0, 0.05) is 13.1 Å². The lowest BCUT2D eigenvalue weighted by atomic mass is 9.99. The fourth-order valence-electron chi connectivity index (χ4n) is 3.22. The number of carbonyl (C=O) groups is 1. The molecule has 26 heavy (non-hydrogen) atoms. The topological polar surface area (TPSA) is 60.0 Å². The average molecular weight is 356 g/mol. The van der Waals surface area contributed by atoms with Crippen molar-refractivity contribution in [3.63, 3.8) is 0 Å². The largest absolute Gasteiger partial charge is 0.495 e. The molecule has 1 amide bonds. The molecule has 0 saturated carbocycles. The first kappa shape index (κ1) is 18.1. The third-order valence-electron chi connectivity index (χ3n) is 4.55. The van der Waals surface area contributed by atoms with Crippen LogP contribution in [-0.2, 0) is 17.8 Å². The van der Waals surface area contributed by atoms with Crippen LogP contribution in [0.5, 0.6) is 17.2 Å². The van der Waals surface area contributed by atoms with Crippen LogP contribution in [-0.4, -0.2) is 45.2 Å². The van der Waals surface area contributed by atoms with E-state index in [2.05, 4.69) is 10.2 Å². The molecule has 1 heterocycles. The molecule has 3 rings (SSSR count). The average Bonchev–Trinajstić information content (AvgIpc) is 2.67. The molecule has 0 aromatic heterocycles. The van der Waals surface area contributed by atoms with Crippen LogP contribution < -0.4 is 19.5 Å². The van der Waals surface area contributed by atoms with Crippen molar-refractivity contribution < 1.29 is 19.0 Å². The zero-order valence-corrected chi connectivity index (χ0v) is 15.4. The van der Waals surface area contributed by atoms with Crippen LogP contribution in [0.2, 0.25) is 0 Å². The van der Waals surface area contributed by atoms with Gasteiger partial charge in [0.15, 0.2) is 11.5 Å². The van der Waals surface area contributed by atoms with Crippen molar-refractivity contribution in [1.29, 1.82) is 0 Å². The SMILES string of the molecule is COc1ccccc1NC(=O)CN1CCc2cc(OC)c(OC)cc2C1. The number of nitrogens with one attached hydrogen (secondary N) is 1. The molecule has 1 aliphatic rings. The van der Waals surface area contributed by atoms with E-state index in [1.807, 2.05) is 36.4 Å². The van der Waals surface area contributed by atoms with Gasteiger partial charge < -0.3 is 19.5 Å². The van der Waals surface area contributed by atoms with Gasteiger partial charge in [-0.2, -0.15) is 0 Å². The molecule has 0 bridgehead atoms. The maximum absolute atomic E-state index is 12.4. The molecule has 6 nitrogen and oxygen atoms in total. The summed E-state index contributed by atoms with van der Waals surface area (Å²) in [6.45, 7) is 1.85. The first-order chi connectivity index (χ1) is 12.6. The standard InChI is InChI=1S/C20H24N2O4/c1-24-17-7-5-4-6-16(17)21-20(23)13-22-9-8-14-10-18(25-2)19(26-3)11-15(14)12-22/h4-7,10-11H,8-9,12-13H2,1-3H3,(H,21,23). The molecule has 1 aliphatic heterocycles. The molecule has 0 fully saturated rings. The van der Waals surface area contributed by atoms with Crippen molar-refractivity contribution in [3.05, 3.63) is 47.5 Å². The summed E-state index contributed by atoms with van der Waals surface area (Å²) in [5, 5.41) is 2.92. The zero-order chi connectivity index (χ0) is 18.5. The van der Waals surface area contributed by atoms with E-state index in [1.165, 1.54) is 11.1 Å². The molecule has 0 spiro atoms. The van der Waals surface area contributed by atoms with Crippen LogP contribution in [0.4, 0.5) is 5.69 Å². The summed E-state index contributed by atoms with van der Waals surface area (Å²) < 4.78 is 16.0. The number of methoxy groups -OCH3 is 3. The van der Waals surface area contributed by atoms with Crippen molar-refractivity contribution in [2.45, 2.75) is 13.0 Å². The number of para-hydroxylation sites is 2. The molecule has 0 radical (unpaired) electrons. The van der Waals surface area contributed by atoms with Gasteiger partial charge in [0.2, 0.25) is 5.91 Å². The van der Waals surface area contributed by atoms with Crippen LogP contribution in [0.25, 0.3) is 0 Å². The van der Waals surface area contributed by atoms with Gasteiger partial charge in [0.1, 0.15) is 5.75 Å². The lowest BCUT2D eigenvalue weighted by molar-refractivity contribution is -0.117. The molecule has 2 aromatic rings. The van der Waals surface area contributed by atoms with Crippen molar-refractivity contribution in [2.24, 2.45) is 0 Å². The van der Waals surface area contributed by atoms with E-state index in [4.69, 9.17) is 14.2 Å². The van der Waals surface area contributed by atoms with Crippen LogP contribution in [0.1, 0.15) is 11.1 Å². The van der Waals surface area contributed by atoms with Gasteiger partial charge in [0.05, 0.1) is 33.6 Å². The number of benzene rings is 2. The highest BCUT2D eigenvalue weighted by atomic mass is 16.5. The second kappa shape index (κ2) is 8.10. The zero-order valence-electron chi connectivity index (χ0n) is 15.4. The lowest BCUT2D eigenvalue weighted by Gasteiger charge is -2.29. The van der Waals surface area contributed by atoms with Gasteiger partial charge in [-0.05, 0) is 41.8 Å². The third-order valence-corrected chi connectivity index (χ3v) is 4.55. The minimum atomic E-state index is -0.0570. The summed E-state index contributed by atoms with van der Waals surface area (Å²) >= 11 is 0. The van der Waals surface area contributed by atoms with E-state index in [1.54, 1.807) is 21.3 Å². The van der Waals surface area contributed by atoms with E-state index >= 15 is 0 Å². The molecule has 0 unspecified atom stereocenters. The van der Waals surface area contributed by atoms with E-state index in [9.17, 15) is 4.79 Å². The molecular formula is C20H24N2O4. The summed E-state index contributed by atoms with van der Waals surface area (Å²) in [5.41, 5.74) is 3.09. The maximum Gasteiger partial charge on any atom is 0.238 e. The predicted octanol–water partition coefficient (Wildman–Crippen LogP) is 2.71. The number of anilines is 1. The van der Waals surface area contributed by atoms with Crippen LogP contribution in [0, 0.1) is 0 Å². The quantitative estimate of drug-likeness (QED) is 0.862.